The summed E-state index contributed by atoms with van der Waals surface area (Å²) in [6.45, 7) is 10.5. The van der Waals surface area contributed by atoms with Gasteiger partial charge in [0.2, 0.25) is 0 Å². The summed E-state index contributed by atoms with van der Waals surface area (Å²) in [7, 11) is 1.71. The number of aryl methyl sites for hydroxylation is 1. The van der Waals surface area contributed by atoms with Crippen molar-refractivity contribution < 1.29 is 9.84 Å². The summed E-state index contributed by atoms with van der Waals surface area (Å²) in [4.78, 5) is 2.47. The van der Waals surface area contributed by atoms with Crippen LogP contribution in [0.2, 0.25) is 0 Å². The smallest absolute Gasteiger partial charge is 0.122 e. The van der Waals surface area contributed by atoms with Gasteiger partial charge in [-0.2, -0.15) is 0 Å². The molecule has 1 atom stereocenters. The van der Waals surface area contributed by atoms with E-state index in [9.17, 15) is 5.11 Å². The number of benzene rings is 1. The predicted molar refractivity (Wildman–Crippen MR) is 85.8 cm³/mol. The average Bonchev–Trinajstić information content (AvgIpc) is 2.50. The molecule has 4 nitrogen and oxygen atoms in total. The van der Waals surface area contributed by atoms with Crippen LogP contribution in [0.4, 0.5) is 0 Å². The third kappa shape index (κ3) is 3.57. The van der Waals surface area contributed by atoms with Crippen molar-refractivity contribution in [2.45, 2.75) is 26.8 Å². The zero-order valence-corrected chi connectivity index (χ0v) is 13.6. The van der Waals surface area contributed by atoms with Crippen LogP contribution in [0.15, 0.2) is 18.2 Å². The molecule has 2 rings (SSSR count). The van der Waals surface area contributed by atoms with Gasteiger partial charge in [-0.25, -0.2) is 0 Å². The lowest BCUT2D eigenvalue weighted by molar-refractivity contribution is 0.0304. The summed E-state index contributed by atoms with van der Waals surface area (Å²) < 4.78 is 5.48. The summed E-state index contributed by atoms with van der Waals surface area (Å²) in [5.41, 5.74) is 2.16. The molecule has 0 aliphatic carbocycles. The Morgan fingerprint density at radius 2 is 2.00 bits per heavy atom. The van der Waals surface area contributed by atoms with Gasteiger partial charge in [0.1, 0.15) is 5.75 Å². The second-order valence-corrected chi connectivity index (χ2v) is 6.56. The number of methoxy groups -OCH3 is 1. The van der Waals surface area contributed by atoms with E-state index >= 15 is 0 Å². The van der Waals surface area contributed by atoms with Crippen LogP contribution in [0, 0.1) is 12.3 Å². The predicted octanol–water partition coefficient (Wildman–Crippen LogP) is 1.97. The fraction of sp³-hybridized carbons (Fsp3) is 0.647. The molecule has 0 radical (unpaired) electrons. The molecule has 1 fully saturated rings. The third-order valence-electron chi connectivity index (χ3n) is 4.41. The molecule has 118 valence electrons. The van der Waals surface area contributed by atoms with Crippen molar-refractivity contribution in [1.29, 1.82) is 0 Å². The molecule has 2 N–H and O–H groups in total. The van der Waals surface area contributed by atoms with Crippen molar-refractivity contribution in [3.05, 3.63) is 29.3 Å². The molecule has 0 bridgehead atoms. The van der Waals surface area contributed by atoms with Crippen molar-refractivity contribution in [1.82, 2.24) is 10.2 Å². The normalized spacial score (nSPS) is 18.5. The topological polar surface area (TPSA) is 44.7 Å². The second kappa shape index (κ2) is 6.77. The van der Waals surface area contributed by atoms with Gasteiger partial charge in [0, 0.05) is 44.2 Å². The van der Waals surface area contributed by atoms with Crippen LogP contribution in [-0.2, 0) is 0 Å². The van der Waals surface area contributed by atoms with E-state index in [1.807, 2.05) is 0 Å². The first-order chi connectivity index (χ1) is 9.99. The Labute approximate surface area is 128 Å². The number of rotatable bonds is 5. The number of aliphatic hydroxyl groups excluding tert-OH is 1. The molecule has 1 aromatic rings. The molecule has 0 saturated carbocycles. The fourth-order valence-electron chi connectivity index (χ4n) is 3.19. The van der Waals surface area contributed by atoms with E-state index in [2.05, 4.69) is 49.2 Å². The second-order valence-electron chi connectivity index (χ2n) is 6.56. The van der Waals surface area contributed by atoms with E-state index in [0.717, 1.165) is 37.5 Å². The van der Waals surface area contributed by atoms with Gasteiger partial charge in [0.25, 0.3) is 0 Å². The average molecular weight is 292 g/mol. The van der Waals surface area contributed by atoms with Crippen LogP contribution < -0.4 is 10.1 Å². The first kappa shape index (κ1) is 16.3. The van der Waals surface area contributed by atoms with Crippen LogP contribution in [0.25, 0.3) is 0 Å². The Morgan fingerprint density at radius 3 is 2.57 bits per heavy atom. The number of nitrogens with zero attached hydrogens (tertiary/aromatic N) is 1. The van der Waals surface area contributed by atoms with E-state index in [1.54, 1.807) is 7.11 Å². The van der Waals surface area contributed by atoms with Gasteiger partial charge in [-0.05, 0) is 24.1 Å². The highest BCUT2D eigenvalue weighted by atomic mass is 16.5. The van der Waals surface area contributed by atoms with Crippen molar-refractivity contribution in [2.24, 2.45) is 5.41 Å². The molecular formula is C17H28N2O2. The number of ether oxygens (including phenoxy) is 1. The summed E-state index contributed by atoms with van der Waals surface area (Å²) in [6, 6.07) is 6.59. The van der Waals surface area contributed by atoms with E-state index in [4.69, 9.17) is 4.74 Å². The minimum Gasteiger partial charge on any atom is -0.496 e. The lowest BCUT2D eigenvalue weighted by atomic mass is 9.79. The Balaban J connectivity index is 2.38. The summed E-state index contributed by atoms with van der Waals surface area (Å²) in [5.74, 6) is 0.918. The molecule has 21 heavy (non-hydrogen) atoms. The highest BCUT2D eigenvalue weighted by Gasteiger charge is 2.35. The van der Waals surface area contributed by atoms with Gasteiger partial charge in [-0.3, -0.25) is 4.90 Å². The number of nitrogens with one attached hydrogen (secondary N) is 1. The van der Waals surface area contributed by atoms with Crippen molar-refractivity contribution in [3.63, 3.8) is 0 Å². The summed E-state index contributed by atoms with van der Waals surface area (Å²) >= 11 is 0. The minimum absolute atomic E-state index is 0.164. The molecular weight excluding hydrogens is 264 g/mol. The Morgan fingerprint density at radius 1 is 1.33 bits per heavy atom. The van der Waals surface area contributed by atoms with Crippen LogP contribution in [0.3, 0.4) is 0 Å². The van der Waals surface area contributed by atoms with Gasteiger partial charge in [0.15, 0.2) is 0 Å². The molecule has 1 saturated heterocycles. The molecule has 1 aromatic carbocycles. The quantitative estimate of drug-likeness (QED) is 0.871. The lowest BCUT2D eigenvalue weighted by Gasteiger charge is -2.43. The maximum absolute atomic E-state index is 9.86. The number of aliphatic hydroxyl groups is 1. The van der Waals surface area contributed by atoms with E-state index in [-0.39, 0.29) is 18.1 Å². The number of hydrogen-bond acceptors (Lipinski definition) is 4. The van der Waals surface area contributed by atoms with E-state index in [1.165, 1.54) is 5.56 Å². The molecule has 0 amide bonds. The molecule has 4 heteroatoms. The van der Waals surface area contributed by atoms with Gasteiger partial charge < -0.3 is 15.2 Å². The first-order valence-corrected chi connectivity index (χ1v) is 7.70. The first-order valence-electron chi connectivity index (χ1n) is 7.70. The largest absolute Gasteiger partial charge is 0.496 e. The molecule has 0 unspecified atom stereocenters. The Hall–Kier alpha value is -1.10. The SMILES string of the molecule is COc1cc([C@@H](N2CCNCC2)C(C)(C)CO)ccc1C. The van der Waals surface area contributed by atoms with Gasteiger partial charge in [-0.1, -0.05) is 26.0 Å². The number of piperazine rings is 1. The van der Waals surface area contributed by atoms with Crippen molar-refractivity contribution in [3.8, 4) is 5.75 Å². The lowest BCUT2D eigenvalue weighted by Crippen LogP contribution is -2.49. The Bertz CT molecular complexity index is 468. The summed E-state index contributed by atoms with van der Waals surface area (Å²) in [5, 5.41) is 13.3. The van der Waals surface area contributed by atoms with Crippen LogP contribution in [0.5, 0.6) is 5.75 Å². The van der Waals surface area contributed by atoms with Gasteiger partial charge >= 0.3 is 0 Å². The highest BCUT2D eigenvalue weighted by Crippen LogP contribution is 2.39. The molecule has 0 aromatic heterocycles. The van der Waals surface area contributed by atoms with Crippen LogP contribution in [0.1, 0.15) is 31.0 Å². The maximum atomic E-state index is 9.86. The summed E-state index contributed by atoms with van der Waals surface area (Å²) in [6.07, 6.45) is 0. The Kier molecular flexibility index (Phi) is 5.25. The van der Waals surface area contributed by atoms with Gasteiger partial charge in [0.05, 0.1) is 7.11 Å². The third-order valence-corrected chi connectivity index (χ3v) is 4.41. The molecule has 0 spiro atoms. The minimum atomic E-state index is -0.197. The highest BCUT2D eigenvalue weighted by molar-refractivity contribution is 5.38. The molecule has 1 aliphatic rings. The maximum Gasteiger partial charge on any atom is 0.122 e. The van der Waals surface area contributed by atoms with E-state index in [0.29, 0.717) is 0 Å². The molecule has 1 heterocycles. The molecule has 1 aliphatic heterocycles. The van der Waals surface area contributed by atoms with Crippen molar-refractivity contribution in [2.75, 3.05) is 39.9 Å². The van der Waals surface area contributed by atoms with Gasteiger partial charge in [-0.15, -0.1) is 0 Å². The van der Waals surface area contributed by atoms with Crippen LogP contribution >= 0.6 is 0 Å². The van der Waals surface area contributed by atoms with E-state index < -0.39 is 0 Å². The zero-order chi connectivity index (χ0) is 15.5. The standard InChI is InChI=1S/C17H28N2O2/c1-13-5-6-14(11-15(13)21-4)16(17(2,3)12-20)19-9-7-18-8-10-19/h5-6,11,16,18,20H,7-10,12H2,1-4H3/t16-/m1/s1. The zero-order valence-electron chi connectivity index (χ0n) is 13.6. The fourth-order valence-corrected chi connectivity index (χ4v) is 3.19. The number of hydrogen-bond donors (Lipinski definition) is 2. The monoisotopic (exact) mass is 292 g/mol. The van der Waals surface area contributed by atoms with Crippen LogP contribution in [-0.4, -0.2) is 49.9 Å². The van der Waals surface area contributed by atoms with Crippen molar-refractivity contribution >= 4 is 0 Å².